The molecule has 1 heterocycles. The summed E-state index contributed by atoms with van der Waals surface area (Å²) in [6.45, 7) is -0.0128. The predicted octanol–water partition coefficient (Wildman–Crippen LogP) is 4.05. The van der Waals surface area contributed by atoms with Crippen LogP contribution in [0.1, 0.15) is 17.4 Å². The SMILES string of the molecule is CS(=O)(=O)N(Cc1cccc(Cl)c1Cl)c1ccc(N(C=O)CC(O)c2ccccn2)cc1. The first-order chi connectivity index (χ1) is 15.2. The molecule has 0 spiro atoms. The van der Waals surface area contributed by atoms with E-state index in [-0.39, 0.29) is 18.1 Å². The van der Waals surface area contributed by atoms with Gasteiger partial charge in [0.1, 0.15) is 6.10 Å². The third-order valence-electron chi connectivity index (χ3n) is 4.74. The van der Waals surface area contributed by atoms with Crippen molar-refractivity contribution in [2.75, 3.05) is 22.0 Å². The number of benzene rings is 2. The molecule has 168 valence electrons. The van der Waals surface area contributed by atoms with E-state index in [2.05, 4.69) is 4.98 Å². The highest BCUT2D eigenvalue weighted by atomic mass is 35.5. The maximum absolute atomic E-state index is 12.5. The molecule has 3 rings (SSSR count). The smallest absolute Gasteiger partial charge is 0.232 e. The number of pyridine rings is 1. The summed E-state index contributed by atoms with van der Waals surface area (Å²) >= 11 is 12.3. The fourth-order valence-corrected chi connectivity index (χ4v) is 4.36. The van der Waals surface area contributed by atoms with Gasteiger partial charge in [0.2, 0.25) is 16.4 Å². The topological polar surface area (TPSA) is 90.8 Å². The quantitative estimate of drug-likeness (QED) is 0.454. The zero-order valence-corrected chi connectivity index (χ0v) is 19.4. The van der Waals surface area contributed by atoms with E-state index >= 15 is 0 Å². The van der Waals surface area contributed by atoms with Crippen LogP contribution in [0, 0.1) is 0 Å². The van der Waals surface area contributed by atoms with E-state index in [4.69, 9.17) is 23.2 Å². The lowest BCUT2D eigenvalue weighted by atomic mass is 10.2. The van der Waals surface area contributed by atoms with Crippen molar-refractivity contribution in [1.82, 2.24) is 4.98 Å². The lowest BCUT2D eigenvalue weighted by molar-refractivity contribution is -0.107. The fourth-order valence-electron chi connectivity index (χ4n) is 3.10. The van der Waals surface area contributed by atoms with Crippen LogP contribution < -0.4 is 9.21 Å². The molecule has 1 unspecified atom stereocenters. The summed E-state index contributed by atoms with van der Waals surface area (Å²) < 4.78 is 26.1. The lowest BCUT2D eigenvalue weighted by Crippen LogP contribution is -2.30. The molecule has 2 aromatic carbocycles. The Morgan fingerprint density at radius 2 is 1.72 bits per heavy atom. The Labute approximate surface area is 196 Å². The molecule has 1 atom stereocenters. The van der Waals surface area contributed by atoms with E-state index in [1.807, 2.05) is 0 Å². The van der Waals surface area contributed by atoms with E-state index < -0.39 is 16.1 Å². The van der Waals surface area contributed by atoms with Crippen LogP contribution in [-0.4, -0.2) is 37.7 Å². The minimum absolute atomic E-state index is 0.00618. The Bertz CT molecular complexity index is 1180. The highest BCUT2D eigenvalue weighted by molar-refractivity contribution is 7.92. The zero-order chi connectivity index (χ0) is 23.3. The van der Waals surface area contributed by atoms with Gasteiger partial charge in [0.15, 0.2) is 0 Å². The van der Waals surface area contributed by atoms with Gasteiger partial charge in [-0.1, -0.05) is 41.4 Å². The average molecular weight is 494 g/mol. The first kappa shape index (κ1) is 24.0. The Morgan fingerprint density at radius 1 is 1.03 bits per heavy atom. The number of sulfonamides is 1. The minimum Gasteiger partial charge on any atom is -0.385 e. The van der Waals surface area contributed by atoms with Crippen LogP contribution in [-0.2, 0) is 21.4 Å². The largest absolute Gasteiger partial charge is 0.385 e. The van der Waals surface area contributed by atoms with E-state index in [0.29, 0.717) is 34.1 Å². The summed E-state index contributed by atoms with van der Waals surface area (Å²) in [5.41, 5.74) is 1.88. The zero-order valence-electron chi connectivity index (χ0n) is 17.1. The van der Waals surface area contributed by atoms with Crippen LogP contribution in [0.4, 0.5) is 11.4 Å². The molecule has 3 aromatic rings. The first-order valence-electron chi connectivity index (χ1n) is 9.52. The molecule has 0 aliphatic carbocycles. The van der Waals surface area contributed by atoms with Crippen molar-refractivity contribution >= 4 is 51.0 Å². The highest BCUT2D eigenvalue weighted by Crippen LogP contribution is 2.30. The second-order valence-electron chi connectivity index (χ2n) is 7.03. The normalized spacial score (nSPS) is 12.2. The monoisotopic (exact) mass is 493 g/mol. The van der Waals surface area contributed by atoms with Crippen LogP contribution in [0.3, 0.4) is 0 Å². The molecular weight excluding hydrogens is 473 g/mol. The summed E-state index contributed by atoms with van der Waals surface area (Å²) in [7, 11) is -3.64. The van der Waals surface area contributed by atoms with E-state index in [1.165, 1.54) is 9.21 Å². The molecule has 0 saturated carbocycles. The van der Waals surface area contributed by atoms with Gasteiger partial charge >= 0.3 is 0 Å². The van der Waals surface area contributed by atoms with Crippen molar-refractivity contribution in [3.8, 4) is 0 Å². The van der Waals surface area contributed by atoms with Gasteiger partial charge in [0.25, 0.3) is 0 Å². The third kappa shape index (κ3) is 5.77. The number of carbonyl (C=O) groups excluding carboxylic acids is 1. The summed E-state index contributed by atoms with van der Waals surface area (Å²) in [5, 5.41) is 11.0. The molecule has 0 aliphatic heterocycles. The number of aliphatic hydroxyl groups is 1. The summed E-state index contributed by atoms with van der Waals surface area (Å²) in [4.78, 5) is 17.0. The average Bonchev–Trinajstić information content (AvgIpc) is 2.78. The van der Waals surface area contributed by atoms with E-state index in [1.54, 1.807) is 66.9 Å². The van der Waals surface area contributed by atoms with Crippen LogP contribution in [0.5, 0.6) is 0 Å². The Kier molecular flexibility index (Phi) is 7.73. The van der Waals surface area contributed by atoms with Gasteiger partial charge in [-0.2, -0.15) is 0 Å². The number of nitrogens with zero attached hydrogens (tertiary/aromatic N) is 3. The number of anilines is 2. The number of carbonyl (C=O) groups is 1. The molecule has 0 radical (unpaired) electrons. The van der Waals surface area contributed by atoms with Gasteiger partial charge in [-0.3, -0.25) is 14.1 Å². The van der Waals surface area contributed by atoms with Crippen LogP contribution in [0.25, 0.3) is 0 Å². The molecule has 1 N–H and O–H groups in total. The number of hydrogen-bond acceptors (Lipinski definition) is 5. The Balaban J connectivity index is 1.83. The van der Waals surface area contributed by atoms with Crippen molar-refractivity contribution in [2.45, 2.75) is 12.6 Å². The Morgan fingerprint density at radius 3 is 2.31 bits per heavy atom. The maximum atomic E-state index is 12.5. The number of aliphatic hydroxyl groups excluding tert-OH is 1. The second-order valence-corrected chi connectivity index (χ2v) is 9.72. The van der Waals surface area contributed by atoms with E-state index in [9.17, 15) is 18.3 Å². The van der Waals surface area contributed by atoms with Crippen LogP contribution in [0.15, 0.2) is 66.9 Å². The number of amides is 1. The fraction of sp³-hybridized carbons (Fsp3) is 0.182. The maximum Gasteiger partial charge on any atom is 0.232 e. The van der Waals surface area contributed by atoms with Crippen molar-refractivity contribution < 1.29 is 18.3 Å². The van der Waals surface area contributed by atoms with Gasteiger partial charge in [0, 0.05) is 11.9 Å². The van der Waals surface area contributed by atoms with Gasteiger partial charge in [-0.05, 0) is 48.0 Å². The summed E-state index contributed by atoms with van der Waals surface area (Å²) in [5.74, 6) is 0. The Hall–Kier alpha value is -2.65. The first-order valence-corrected chi connectivity index (χ1v) is 12.1. The van der Waals surface area contributed by atoms with Crippen molar-refractivity contribution in [3.63, 3.8) is 0 Å². The number of rotatable bonds is 9. The van der Waals surface area contributed by atoms with Crippen molar-refractivity contribution in [1.29, 1.82) is 0 Å². The molecule has 1 aromatic heterocycles. The van der Waals surface area contributed by atoms with Crippen LogP contribution in [0.2, 0.25) is 10.0 Å². The van der Waals surface area contributed by atoms with E-state index in [0.717, 1.165) is 6.26 Å². The minimum atomic E-state index is -3.64. The molecule has 0 fully saturated rings. The molecule has 1 amide bonds. The lowest BCUT2D eigenvalue weighted by Gasteiger charge is -2.25. The number of halogens is 2. The van der Waals surface area contributed by atoms with Gasteiger partial charge in [0.05, 0.1) is 40.8 Å². The molecule has 32 heavy (non-hydrogen) atoms. The molecule has 7 nitrogen and oxygen atoms in total. The van der Waals surface area contributed by atoms with Gasteiger partial charge in [-0.25, -0.2) is 8.42 Å². The van der Waals surface area contributed by atoms with Crippen molar-refractivity contribution in [2.24, 2.45) is 0 Å². The van der Waals surface area contributed by atoms with Gasteiger partial charge in [-0.15, -0.1) is 0 Å². The molecule has 0 aliphatic rings. The highest BCUT2D eigenvalue weighted by Gasteiger charge is 2.21. The number of hydrogen-bond donors (Lipinski definition) is 1. The summed E-state index contributed by atoms with van der Waals surface area (Å²) in [6, 6.07) is 16.5. The van der Waals surface area contributed by atoms with Gasteiger partial charge < -0.3 is 10.0 Å². The third-order valence-corrected chi connectivity index (χ3v) is 6.74. The number of aromatic nitrogens is 1. The van der Waals surface area contributed by atoms with Crippen molar-refractivity contribution in [3.05, 3.63) is 88.2 Å². The molecule has 0 saturated heterocycles. The molecular formula is C22H21Cl2N3O4S. The molecule has 0 bridgehead atoms. The second kappa shape index (κ2) is 10.3. The van der Waals surface area contributed by atoms with Crippen LogP contribution >= 0.6 is 23.2 Å². The predicted molar refractivity (Wildman–Crippen MR) is 127 cm³/mol. The molecule has 10 heteroatoms. The standard InChI is InChI=1S/C22H21Cl2N3O4S/c1-32(30,31)27(13-16-5-4-6-19(23)22(16)24)18-10-8-17(9-11-18)26(15-28)14-21(29)20-7-2-3-12-25-20/h2-12,15,21,29H,13-14H2,1H3. The summed E-state index contributed by atoms with van der Waals surface area (Å²) in [6.07, 6.45) is 2.28.